The van der Waals surface area contributed by atoms with E-state index in [1.807, 2.05) is 6.07 Å². The number of carbonyl (C=O) groups excluding carboxylic acids is 1. The van der Waals surface area contributed by atoms with Crippen LogP contribution in [0.15, 0.2) is 30.3 Å². The number of hydrogen-bond donors (Lipinski definition) is 2. The van der Waals surface area contributed by atoms with Crippen LogP contribution in [0.4, 0.5) is 0 Å². The Labute approximate surface area is 162 Å². The number of amides is 1. The summed E-state index contributed by atoms with van der Waals surface area (Å²) in [5.74, 6) is -0.848. The number of nitrogens with zero attached hydrogens (tertiary/aromatic N) is 1. The first-order chi connectivity index (χ1) is 13.5. The topological polar surface area (TPSA) is 96.3 Å². The van der Waals surface area contributed by atoms with Gasteiger partial charge in [0.15, 0.2) is 0 Å². The molecule has 2 aliphatic rings. The zero-order valence-electron chi connectivity index (χ0n) is 15.1. The fourth-order valence-electron chi connectivity index (χ4n) is 3.39. The number of carboxylic acids is 1. The van der Waals surface area contributed by atoms with Crippen molar-refractivity contribution in [3.05, 3.63) is 59.2 Å². The number of carbonyl (C=O) groups is 2. The van der Waals surface area contributed by atoms with E-state index in [2.05, 4.69) is 12.1 Å². The second-order valence-corrected chi connectivity index (χ2v) is 6.90. The molecule has 0 saturated carbocycles. The largest absolute Gasteiger partial charge is 0.535 e. The molecule has 0 aromatic heterocycles. The Morgan fingerprint density at radius 3 is 2.82 bits per heavy atom. The zero-order valence-corrected chi connectivity index (χ0v) is 15.1. The Kier molecular flexibility index (Phi) is 4.84. The molecule has 2 aromatic rings. The molecule has 1 saturated heterocycles. The molecule has 2 aromatic carbocycles. The van der Waals surface area contributed by atoms with Crippen molar-refractivity contribution in [2.24, 2.45) is 0 Å². The van der Waals surface area contributed by atoms with Gasteiger partial charge in [0.1, 0.15) is 23.2 Å². The molecule has 7 nitrogen and oxygen atoms in total. The van der Waals surface area contributed by atoms with Crippen molar-refractivity contribution in [3.8, 4) is 11.5 Å². The molecule has 1 amide bonds. The highest BCUT2D eigenvalue weighted by Crippen LogP contribution is 2.37. The van der Waals surface area contributed by atoms with Crippen LogP contribution in [0.1, 0.15) is 21.5 Å². The normalized spacial score (nSPS) is 15.8. The second-order valence-electron chi connectivity index (χ2n) is 6.90. The smallest absolute Gasteiger partial charge is 0.522 e. The lowest BCUT2D eigenvalue weighted by Gasteiger charge is -2.39. The maximum absolute atomic E-state index is 12.3. The zero-order chi connectivity index (χ0) is 19.7. The van der Waals surface area contributed by atoms with Gasteiger partial charge >= 0.3 is 13.1 Å². The summed E-state index contributed by atoms with van der Waals surface area (Å²) in [5.41, 5.74) is 1.51. The van der Waals surface area contributed by atoms with Gasteiger partial charge in [0.05, 0.1) is 19.5 Å². The van der Waals surface area contributed by atoms with Crippen molar-refractivity contribution in [1.29, 1.82) is 0 Å². The quantitative estimate of drug-likeness (QED) is 0.759. The minimum absolute atomic E-state index is 0.0187. The van der Waals surface area contributed by atoms with Crippen LogP contribution in [0.5, 0.6) is 11.5 Å². The molecular weight excluding hydrogens is 361 g/mol. The van der Waals surface area contributed by atoms with Crippen LogP contribution in [0, 0.1) is 12.1 Å². The third-order valence-corrected chi connectivity index (χ3v) is 4.90. The van der Waals surface area contributed by atoms with Gasteiger partial charge in [-0.2, -0.15) is 0 Å². The van der Waals surface area contributed by atoms with Gasteiger partial charge < -0.3 is 24.4 Å². The monoisotopic (exact) mass is 379 g/mol. The summed E-state index contributed by atoms with van der Waals surface area (Å²) in [6.07, 6.45) is 0.952. The van der Waals surface area contributed by atoms with E-state index in [9.17, 15) is 19.7 Å². The molecule has 0 atom stereocenters. The molecule has 2 heterocycles. The molecule has 142 valence electrons. The molecule has 0 radical (unpaired) electrons. The van der Waals surface area contributed by atoms with Crippen LogP contribution < -0.4 is 9.39 Å². The lowest BCUT2D eigenvalue weighted by Crippen LogP contribution is -2.56. The number of rotatable bonds is 5. The molecule has 2 aliphatic heterocycles. The van der Waals surface area contributed by atoms with Crippen molar-refractivity contribution in [2.45, 2.75) is 25.3 Å². The molecule has 1 fully saturated rings. The van der Waals surface area contributed by atoms with Crippen molar-refractivity contribution in [2.75, 3.05) is 13.1 Å². The summed E-state index contributed by atoms with van der Waals surface area (Å²) in [4.78, 5) is 25.7. The van der Waals surface area contributed by atoms with Crippen LogP contribution in [0.25, 0.3) is 0 Å². The number of likely N-dealkylation sites (tertiary alicyclic amines) is 1. The van der Waals surface area contributed by atoms with Gasteiger partial charge in [0.25, 0.3) is 0 Å². The van der Waals surface area contributed by atoms with E-state index < -0.39 is 13.1 Å². The van der Waals surface area contributed by atoms with Crippen LogP contribution in [-0.4, -0.2) is 53.2 Å². The molecule has 2 N–H and O–H groups in total. The predicted octanol–water partition coefficient (Wildman–Crippen LogP) is 1.23. The van der Waals surface area contributed by atoms with Gasteiger partial charge in [0, 0.05) is 0 Å². The van der Waals surface area contributed by atoms with Gasteiger partial charge in [-0.15, -0.1) is 0 Å². The summed E-state index contributed by atoms with van der Waals surface area (Å²) in [6, 6.07) is 14.3. The van der Waals surface area contributed by atoms with Crippen molar-refractivity contribution >= 4 is 19.0 Å². The summed E-state index contributed by atoms with van der Waals surface area (Å²) < 4.78 is 11.2. The lowest BCUT2D eigenvalue weighted by atomic mass is 9.78. The first kappa shape index (κ1) is 18.2. The fourth-order valence-corrected chi connectivity index (χ4v) is 3.39. The van der Waals surface area contributed by atoms with Gasteiger partial charge in [-0.25, -0.2) is 4.79 Å². The van der Waals surface area contributed by atoms with Gasteiger partial charge in [-0.1, -0.05) is 18.2 Å². The first-order valence-corrected chi connectivity index (χ1v) is 9.06. The molecule has 0 bridgehead atoms. The number of aromatic carboxylic acids is 1. The molecule has 0 aliphatic carbocycles. The highest BCUT2D eigenvalue weighted by molar-refractivity contribution is 6.44. The van der Waals surface area contributed by atoms with E-state index in [1.54, 1.807) is 29.2 Å². The van der Waals surface area contributed by atoms with E-state index in [1.165, 1.54) is 0 Å². The third kappa shape index (κ3) is 3.62. The average Bonchev–Trinajstić information content (AvgIpc) is 2.64. The molecule has 0 spiro atoms. The highest BCUT2D eigenvalue weighted by Gasteiger charge is 2.35. The number of carboxylic acid groups (broad SMARTS) is 1. The second kappa shape index (κ2) is 7.45. The first-order valence-electron chi connectivity index (χ1n) is 9.06. The Balaban J connectivity index is 1.41. The van der Waals surface area contributed by atoms with E-state index >= 15 is 0 Å². The summed E-state index contributed by atoms with van der Waals surface area (Å²) in [7, 11) is -1.02. The maximum Gasteiger partial charge on any atom is 0.522 e. The van der Waals surface area contributed by atoms with E-state index in [0.29, 0.717) is 25.8 Å². The molecule has 4 rings (SSSR count). The Hall–Kier alpha value is -3.18. The third-order valence-electron chi connectivity index (χ3n) is 4.90. The predicted molar refractivity (Wildman–Crippen MR) is 99.3 cm³/mol. The van der Waals surface area contributed by atoms with Gasteiger partial charge in [-0.3, -0.25) is 4.79 Å². The Morgan fingerprint density at radius 2 is 2.11 bits per heavy atom. The number of aryl methyl sites for hydroxylation is 1. The van der Waals surface area contributed by atoms with Crippen LogP contribution in [-0.2, 0) is 17.6 Å². The van der Waals surface area contributed by atoms with Crippen molar-refractivity contribution in [3.63, 3.8) is 0 Å². The Bertz CT molecular complexity index is 897. The summed E-state index contributed by atoms with van der Waals surface area (Å²) >= 11 is 0. The number of hydrogen-bond acceptors (Lipinski definition) is 5. The van der Waals surface area contributed by atoms with Crippen LogP contribution in [0.3, 0.4) is 0 Å². The van der Waals surface area contributed by atoms with Crippen molar-refractivity contribution in [1.82, 2.24) is 4.90 Å². The Morgan fingerprint density at radius 1 is 1.29 bits per heavy atom. The average molecular weight is 379 g/mol. The molecule has 8 heteroatoms. The van der Waals surface area contributed by atoms with E-state index in [4.69, 9.17) is 9.39 Å². The number of ether oxygens (including phenoxy) is 1. The standard InChI is InChI=1S/C20H18BNO6/c23-17(10-13-4-2-1-3-5-13)22-11-15(12-22)27-16-7-6-14-8-9-21(26)28-19(14)18(16)20(24)25/h2,4-7,15,26H,8-12H2,(H,24,25). The molecular formula is C20H18BNO6. The van der Waals surface area contributed by atoms with Crippen LogP contribution >= 0.6 is 0 Å². The minimum Gasteiger partial charge on any atom is -0.535 e. The van der Waals surface area contributed by atoms with Crippen molar-refractivity contribution < 1.29 is 29.1 Å². The summed E-state index contributed by atoms with van der Waals surface area (Å²) in [6.45, 7) is 0.780. The summed E-state index contributed by atoms with van der Waals surface area (Å²) in [5, 5.41) is 19.3. The highest BCUT2D eigenvalue weighted by atomic mass is 16.5. The number of fused-ring (bicyclic) bond motifs is 1. The van der Waals surface area contributed by atoms with E-state index in [-0.39, 0.29) is 35.5 Å². The van der Waals surface area contributed by atoms with Gasteiger partial charge in [0.2, 0.25) is 5.91 Å². The minimum atomic E-state index is -1.18. The number of benzene rings is 1. The van der Waals surface area contributed by atoms with E-state index in [0.717, 1.165) is 11.1 Å². The van der Waals surface area contributed by atoms with Gasteiger partial charge in [-0.05, 0) is 48.1 Å². The molecule has 0 unspecified atom stereocenters. The van der Waals surface area contributed by atoms with Crippen LogP contribution in [0.2, 0.25) is 6.32 Å². The SMILES string of the molecule is O=C(O)c1c(OC2CN(C(=O)Cc3cc#ccc3)C2)ccc2c1OB(O)CC2. The molecule has 28 heavy (non-hydrogen) atoms. The lowest BCUT2D eigenvalue weighted by molar-refractivity contribution is -0.139. The maximum atomic E-state index is 12.3. The fraction of sp³-hybridized carbons (Fsp3) is 0.300.